The number of nitrogens with zero attached hydrogens (tertiary/aromatic N) is 1. The van der Waals surface area contributed by atoms with E-state index < -0.39 is 0 Å². The highest BCUT2D eigenvalue weighted by molar-refractivity contribution is 7.26. The minimum atomic E-state index is 0.683. The molecule has 0 atom stereocenters. The Morgan fingerprint density at radius 1 is 0.400 bits per heavy atom. The van der Waals surface area contributed by atoms with Gasteiger partial charge in [-0.1, -0.05) is 84.9 Å². The number of rotatable bonds is 3. The third kappa shape index (κ3) is 3.66. The van der Waals surface area contributed by atoms with Crippen LogP contribution >= 0.6 is 22.7 Å². The zero-order chi connectivity index (χ0) is 26.6. The van der Waals surface area contributed by atoms with Crippen LogP contribution in [0.2, 0.25) is 0 Å². The Morgan fingerprint density at radius 2 is 1.00 bits per heavy atom. The van der Waals surface area contributed by atoms with Crippen molar-refractivity contribution < 1.29 is 0 Å². The highest BCUT2D eigenvalue weighted by Crippen LogP contribution is 2.42. The Hall–Kier alpha value is -4.75. The first-order valence-electron chi connectivity index (χ1n) is 13.2. The molecule has 0 aliphatic carbocycles. The molecule has 8 aromatic rings. The van der Waals surface area contributed by atoms with Crippen molar-refractivity contribution in [3.05, 3.63) is 133 Å². The lowest BCUT2D eigenvalue weighted by atomic mass is 9.89. The molecule has 0 fully saturated rings. The Labute approximate surface area is 239 Å². The molecule has 0 radical (unpaired) electrons. The van der Waals surface area contributed by atoms with Gasteiger partial charge in [-0.25, -0.2) is 0 Å². The molecule has 2 heterocycles. The number of fused-ring (bicyclic) bond motifs is 6. The molecule has 0 spiro atoms. The van der Waals surface area contributed by atoms with Crippen LogP contribution in [0.5, 0.6) is 0 Å². The number of nitriles is 1. The van der Waals surface area contributed by atoms with Crippen LogP contribution in [0.4, 0.5) is 0 Å². The summed E-state index contributed by atoms with van der Waals surface area (Å²) >= 11 is 3.67. The topological polar surface area (TPSA) is 23.8 Å². The summed E-state index contributed by atoms with van der Waals surface area (Å²) in [5, 5.41) is 15.2. The normalized spacial score (nSPS) is 11.5. The van der Waals surface area contributed by atoms with Crippen molar-refractivity contribution in [1.82, 2.24) is 0 Å². The highest BCUT2D eigenvalue weighted by atomic mass is 32.1. The van der Waals surface area contributed by atoms with Gasteiger partial charge in [-0.2, -0.15) is 5.26 Å². The first-order chi connectivity index (χ1) is 19.8. The van der Waals surface area contributed by atoms with Crippen molar-refractivity contribution in [2.45, 2.75) is 0 Å². The molecule has 3 heteroatoms. The lowest BCUT2D eigenvalue weighted by molar-refractivity contribution is 1.48. The largest absolute Gasteiger partial charge is 0.192 e. The minimum Gasteiger partial charge on any atom is -0.192 e. The molecule has 0 saturated heterocycles. The number of hydrogen-bond acceptors (Lipinski definition) is 3. The van der Waals surface area contributed by atoms with Gasteiger partial charge in [0, 0.05) is 45.9 Å². The predicted octanol–water partition coefficient (Wildman–Crippen LogP) is 11.3. The Kier molecular flexibility index (Phi) is 5.31. The Balaban J connectivity index is 1.34. The van der Waals surface area contributed by atoms with E-state index >= 15 is 0 Å². The Bertz CT molecular complexity index is 2290. The van der Waals surface area contributed by atoms with Gasteiger partial charge in [0.2, 0.25) is 0 Å². The van der Waals surface area contributed by atoms with E-state index in [-0.39, 0.29) is 0 Å². The monoisotopic (exact) mass is 543 g/mol. The molecule has 186 valence electrons. The van der Waals surface area contributed by atoms with Gasteiger partial charge in [0.25, 0.3) is 0 Å². The fourth-order valence-corrected chi connectivity index (χ4v) is 8.04. The summed E-state index contributed by atoms with van der Waals surface area (Å²) in [6, 6.07) is 47.8. The van der Waals surface area contributed by atoms with Crippen molar-refractivity contribution >= 4 is 63.0 Å². The fourth-order valence-electron chi connectivity index (χ4n) is 5.81. The maximum Gasteiger partial charge on any atom is 0.0998 e. The third-order valence-corrected chi connectivity index (χ3v) is 10.0. The molecular weight excluding hydrogens is 523 g/mol. The molecule has 0 aliphatic heterocycles. The lowest BCUT2D eigenvalue weighted by Crippen LogP contribution is -1.90. The molecule has 0 amide bonds. The second-order valence-corrected chi connectivity index (χ2v) is 12.2. The molecule has 40 heavy (non-hydrogen) atoms. The first kappa shape index (κ1) is 23.2. The van der Waals surface area contributed by atoms with E-state index in [2.05, 4.69) is 115 Å². The average Bonchev–Trinajstić information content (AvgIpc) is 3.58. The number of thiophene rings is 2. The number of benzene rings is 6. The van der Waals surface area contributed by atoms with Crippen molar-refractivity contribution in [1.29, 1.82) is 5.26 Å². The minimum absolute atomic E-state index is 0.683. The summed E-state index contributed by atoms with van der Waals surface area (Å²) in [6.07, 6.45) is 0. The first-order valence-corrected chi connectivity index (χ1v) is 14.9. The van der Waals surface area contributed by atoms with E-state index in [1.165, 1.54) is 45.9 Å². The predicted molar refractivity (Wildman–Crippen MR) is 173 cm³/mol. The average molecular weight is 544 g/mol. The molecule has 1 nitrogen and oxygen atoms in total. The quantitative estimate of drug-likeness (QED) is 0.217. The summed E-state index contributed by atoms with van der Waals surface area (Å²) in [5.41, 5.74) is 7.33. The zero-order valence-electron chi connectivity index (χ0n) is 21.4. The van der Waals surface area contributed by atoms with Gasteiger partial charge in [0.1, 0.15) is 0 Å². The van der Waals surface area contributed by atoms with Crippen molar-refractivity contribution in [3.8, 4) is 39.4 Å². The van der Waals surface area contributed by atoms with Crippen LogP contribution in [-0.4, -0.2) is 0 Å². The summed E-state index contributed by atoms with van der Waals surface area (Å²) < 4.78 is 5.19. The molecule has 0 bridgehead atoms. The summed E-state index contributed by atoms with van der Waals surface area (Å²) in [7, 11) is 0. The molecule has 0 saturated carbocycles. The molecular formula is C37H21NS2. The van der Waals surface area contributed by atoms with Crippen LogP contribution in [0, 0.1) is 11.3 Å². The van der Waals surface area contributed by atoms with Crippen LogP contribution in [0.15, 0.2) is 127 Å². The second-order valence-electron chi connectivity index (χ2n) is 10.0. The van der Waals surface area contributed by atoms with Crippen LogP contribution < -0.4 is 0 Å². The van der Waals surface area contributed by atoms with Crippen LogP contribution in [0.25, 0.3) is 73.7 Å². The summed E-state index contributed by atoms with van der Waals surface area (Å²) in [6.45, 7) is 0. The van der Waals surface area contributed by atoms with Crippen molar-refractivity contribution in [2.24, 2.45) is 0 Å². The SMILES string of the molecule is N#Cc1ccccc1-c1cc(-c2ccc3sc4ccccc4c3c2)ccc1-c1ccc2c(c1)sc1ccccc12. The molecule has 0 unspecified atom stereocenters. The standard InChI is InChI=1S/C37H21NS2/c38-22-26-7-1-2-8-27(26)32-19-23(24-15-18-36-33(20-24)30-10-4-6-12-35(30)39-36)13-16-28(32)25-14-17-31-29-9-3-5-11-34(29)40-37(31)21-25/h1-21H. The van der Waals surface area contributed by atoms with Gasteiger partial charge in [-0.3, -0.25) is 0 Å². The van der Waals surface area contributed by atoms with Crippen LogP contribution in [0.1, 0.15) is 5.56 Å². The van der Waals surface area contributed by atoms with Gasteiger partial charge in [0.05, 0.1) is 11.6 Å². The summed E-state index contributed by atoms with van der Waals surface area (Å²) in [4.78, 5) is 0. The van der Waals surface area contributed by atoms with E-state index in [0.717, 1.165) is 27.8 Å². The van der Waals surface area contributed by atoms with Gasteiger partial charge in [-0.15, -0.1) is 22.7 Å². The molecule has 0 aliphatic rings. The second kappa shape index (κ2) is 9.17. The third-order valence-electron chi connectivity index (χ3n) is 7.76. The maximum atomic E-state index is 10.00. The van der Waals surface area contributed by atoms with Crippen LogP contribution in [0.3, 0.4) is 0 Å². The lowest BCUT2D eigenvalue weighted by Gasteiger charge is -2.15. The van der Waals surface area contributed by atoms with Gasteiger partial charge < -0.3 is 0 Å². The maximum absolute atomic E-state index is 10.00. The van der Waals surface area contributed by atoms with Crippen molar-refractivity contribution in [3.63, 3.8) is 0 Å². The van der Waals surface area contributed by atoms with E-state index in [1.807, 2.05) is 40.9 Å². The van der Waals surface area contributed by atoms with E-state index in [0.29, 0.717) is 5.56 Å². The van der Waals surface area contributed by atoms with Gasteiger partial charge in [0.15, 0.2) is 0 Å². The van der Waals surface area contributed by atoms with E-state index in [4.69, 9.17) is 0 Å². The van der Waals surface area contributed by atoms with Crippen LogP contribution in [-0.2, 0) is 0 Å². The molecule has 6 aromatic carbocycles. The number of hydrogen-bond donors (Lipinski definition) is 0. The molecule has 2 aromatic heterocycles. The van der Waals surface area contributed by atoms with Gasteiger partial charge in [-0.05, 0) is 70.3 Å². The smallest absolute Gasteiger partial charge is 0.0998 e. The highest BCUT2D eigenvalue weighted by Gasteiger charge is 2.15. The van der Waals surface area contributed by atoms with Crippen molar-refractivity contribution in [2.75, 3.05) is 0 Å². The van der Waals surface area contributed by atoms with Gasteiger partial charge >= 0.3 is 0 Å². The Morgan fingerprint density at radius 3 is 1.82 bits per heavy atom. The van der Waals surface area contributed by atoms with E-state index in [1.54, 1.807) is 0 Å². The summed E-state index contributed by atoms with van der Waals surface area (Å²) in [5.74, 6) is 0. The van der Waals surface area contributed by atoms with E-state index in [9.17, 15) is 5.26 Å². The molecule has 0 N–H and O–H groups in total. The fraction of sp³-hybridized carbons (Fsp3) is 0. The zero-order valence-corrected chi connectivity index (χ0v) is 23.0. The molecule has 8 rings (SSSR count).